The molecule has 0 saturated carbocycles. The van der Waals surface area contributed by atoms with Gasteiger partial charge < -0.3 is 9.64 Å². The first-order chi connectivity index (χ1) is 21.0. The molecule has 0 aliphatic carbocycles. The van der Waals surface area contributed by atoms with E-state index in [-0.39, 0.29) is 38.0 Å². The second-order valence-electron chi connectivity index (χ2n) is 12.4. The van der Waals surface area contributed by atoms with Crippen LogP contribution in [0, 0.1) is 24.5 Å². The molecule has 0 spiro atoms. The molecule has 1 aromatic heterocycles. The summed E-state index contributed by atoms with van der Waals surface area (Å²) in [6, 6.07) is 8.22. The number of alkyl halides is 3. The number of piperidine rings is 1. The topological polar surface area (TPSA) is 93.5 Å². The van der Waals surface area contributed by atoms with Crippen LogP contribution in [0.15, 0.2) is 36.4 Å². The number of benzene rings is 2. The van der Waals surface area contributed by atoms with Crippen molar-refractivity contribution in [2.45, 2.75) is 70.3 Å². The van der Waals surface area contributed by atoms with Crippen molar-refractivity contribution in [2.24, 2.45) is 5.92 Å². The summed E-state index contributed by atoms with van der Waals surface area (Å²) in [4.78, 5) is 29.4. The van der Waals surface area contributed by atoms with Gasteiger partial charge in [-0.15, -0.1) is 5.10 Å². The summed E-state index contributed by atoms with van der Waals surface area (Å²) in [7, 11) is 0. The van der Waals surface area contributed by atoms with Gasteiger partial charge in [-0.25, -0.2) is 13.6 Å². The molecule has 2 aliphatic rings. The highest BCUT2D eigenvalue weighted by molar-refractivity contribution is 6.31. The molecule has 2 aliphatic heterocycles. The largest absolute Gasteiger partial charge is 0.491 e. The zero-order chi connectivity index (χ0) is 32.8. The minimum Gasteiger partial charge on any atom is -0.435 e. The van der Waals surface area contributed by atoms with Gasteiger partial charge in [0.1, 0.15) is 11.6 Å². The molecule has 2 unspecified atom stereocenters. The summed E-state index contributed by atoms with van der Waals surface area (Å²) >= 11 is 6.15. The molecule has 2 fully saturated rings. The van der Waals surface area contributed by atoms with E-state index in [1.165, 1.54) is 10.7 Å². The average Bonchev–Trinajstić information content (AvgIpc) is 3.62. The summed E-state index contributed by atoms with van der Waals surface area (Å²) < 4.78 is 75.3. The van der Waals surface area contributed by atoms with Crippen LogP contribution in [0.1, 0.15) is 62.4 Å². The number of esters is 1. The predicted octanol–water partition coefficient (Wildman–Crippen LogP) is 5.55. The molecule has 4 atom stereocenters. The summed E-state index contributed by atoms with van der Waals surface area (Å²) in [5.74, 6) is -6.55. The van der Waals surface area contributed by atoms with Gasteiger partial charge in [-0.3, -0.25) is 9.69 Å². The SMILES string of the molecule is Cc1cc(-n2nnnc2C2CCN(C(=O)[C@@H]3CN(C(C)(C)C)C[C@H]3c3ccc(F)cc3F)C(OC(=O)C(F)(F)F)C2)ccc1Cl. The lowest BCUT2D eigenvalue weighted by Crippen LogP contribution is -2.52. The Morgan fingerprint density at radius 2 is 1.78 bits per heavy atom. The van der Waals surface area contributed by atoms with Gasteiger partial charge in [0.05, 0.1) is 11.6 Å². The monoisotopic (exact) mass is 654 g/mol. The maximum atomic E-state index is 15.0. The number of ether oxygens (including phenoxy) is 1. The van der Waals surface area contributed by atoms with Gasteiger partial charge in [-0.2, -0.15) is 17.9 Å². The maximum Gasteiger partial charge on any atom is 0.491 e. The molecule has 2 saturated heterocycles. The highest BCUT2D eigenvalue weighted by Crippen LogP contribution is 2.41. The number of hydrogen-bond acceptors (Lipinski definition) is 7. The van der Waals surface area contributed by atoms with E-state index in [1.807, 2.05) is 25.7 Å². The van der Waals surface area contributed by atoms with E-state index in [1.54, 1.807) is 25.1 Å². The Labute approximate surface area is 261 Å². The van der Waals surface area contributed by atoms with Gasteiger partial charge >= 0.3 is 12.1 Å². The molecule has 0 N–H and O–H groups in total. The summed E-state index contributed by atoms with van der Waals surface area (Å²) in [6.07, 6.45) is -6.89. The third-order valence-electron chi connectivity index (χ3n) is 8.50. The zero-order valence-corrected chi connectivity index (χ0v) is 25.7. The lowest BCUT2D eigenvalue weighted by molar-refractivity contribution is -0.216. The van der Waals surface area contributed by atoms with Crippen LogP contribution in [-0.2, 0) is 14.3 Å². The van der Waals surface area contributed by atoms with Crippen LogP contribution in [0.4, 0.5) is 22.0 Å². The maximum absolute atomic E-state index is 15.0. The Morgan fingerprint density at radius 3 is 2.42 bits per heavy atom. The van der Waals surface area contributed by atoms with Crippen molar-refractivity contribution in [3.05, 3.63) is 70.0 Å². The van der Waals surface area contributed by atoms with Gasteiger partial charge in [-0.1, -0.05) is 17.7 Å². The Morgan fingerprint density at radius 1 is 1.04 bits per heavy atom. The quantitative estimate of drug-likeness (QED) is 0.263. The lowest BCUT2D eigenvalue weighted by atomic mass is 9.86. The van der Waals surface area contributed by atoms with Gasteiger partial charge in [0.15, 0.2) is 12.1 Å². The first-order valence-electron chi connectivity index (χ1n) is 14.4. The van der Waals surface area contributed by atoms with E-state index in [0.29, 0.717) is 16.5 Å². The van der Waals surface area contributed by atoms with Crippen LogP contribution in [0.25, 0.3) is 5.69 Å². The van der Waals surface area contributed by atoms with Crippen LogP contribution < -0.4 is 0 Å². The molecule has 242 valence electrons. The summed E-state index contributed by atoms with van der Waals surface area (Å²) in [5, 5.41) is 12.4. The Balaban J connectivity index is 1.47. The fourth-order valence-electron chi connectivity index (χ4n) is 6.04. The van der Waals surface area contributed by atoms with E-state index in [2.05, 4.69) is 15.5 Å². The summed E-state index contributed by atoms with van der Waals surface area (Å²) in [6.45, 7) is 7.88. The molecule has 0 radical (unpaired) electrons. The Bertz CT molecular complexity index is 1590. The number of tetrazole rings is 1. The molecular formula is C30H32ClF5N6O3. The zero-order valence-electron chi connectivity index (χ0n) is 25.0. The van der Waals surface area contributed by atoms with E-state index >= 15 is 4.39 Å². The van der Waals surface area contributed by atoms with Crippen molar-refractivity contribution < 1.29 is 36.3 Å². The van der Waals surface area contributed by atoms with Crippen molar-refractivity contribution in [1.29, 1.82) is 0 Å². The van der Waals surface area contributed by atoms with Crippen molar-refractivity contribution >= 4 is 23.5 Å². The van der Waals surface area contributed by atoms with Crippen LogP contribution in [0.2, 0.25) is 5.02 Å². The number of likely N-dealkylation sites (tertiary alicyclic amines) is 2. The minimum atomic E-state index is -5.31. The van der Waals surface area contributed by atoms with Crippen molar-refractivity contribution in [2.75, 3.05) is 19.6 Å². The van der Waals surface area contributed by atoms with Crippen molar-refractivity contribution in [1.82, 2.24) is 30.0 Å². The number of carbonyl (C=O) groups excluding carboxylic acids is 2. The molecule has 15 heteroatoms. The van der Waals surface area contributed by atoms with E-state index < -0.39 is 59.2 Å². The second kappa shape index (κ2) is 12.3. The molecule has 5 rings (SSSR count). The lowest BCUT2D eigenvalue weighted by Gasteiger charge is -2.40. The van der Waals surface area contributed by atoms with Gasteiger partial charge in [0, 0.05) is 54.5 Å². The van der Waals surface area contributed by atoms with Crippen molar-refractivity contribution in [3.8, 4) is 5.69 Å². The molecular weight excluding hydrogens is 623 g/mol. The molecule has 3 aromatic rings. The number of aryl methyl sites for hydroxylation is 1. The molecule has 45 heavy (non-hydrogen) atoms. The van der Waals surface area contributed by atoms with Crippen molar-refractivity contribution in [3.63, 3.8) is 0 Å². The van der Waals surface area contributed by atoms with Crippen LogP contribution in [0.5, 0.6) is 0 Å². The molecule has 1 amide bonds. The number of nitrogens with zero attached hydrogens (tertiary/aromatic N) is 6. The number of carbonyl (C=O) groups is 2. The number of halogens is 6. The number of rotatable bonds is 5. The number of aromatic nitrogens is 4. The normalized spacial score (nSPS) is 22.9. The molecule has 3 heterocycles. The number of hydrogen-bond donors (Lipinski definition) is 0. The second-order valence-corrected chi connectivity index (χ2v) is 12.9. The van der Waals surface area contributed by atoms with E-state index in [9.17, 15) is 27.2 Å². The van der Waals surface area contributed by atoms with Gasteiger partial charge in [-0.05, 0) is 79.9 Å². The highest BCUT2D eigenvalue weighted by atomic mass is 35.5. The minimum absolute atomic E-state index is 0.0869. The van der Waals surface area contributed by atoms with Crippen LogP contribution >= 0.6 is 11.6 Å². The Kier molecular flexibility index (Phi) is 8.93. The number of amides is 1. The predicted molar refractivity (Wildman–Crippen MR) is 152 cm³/mol. The Hall–Kier alpha value is -3.65. The van der Waals surface area contributed by atoms with Crippen LogP contribution in [-0.4, -0.2) is 79.5 Å². The van der Waals surface area contributed by atoms with E-state index in [4.69, 9.17) is 16.3 Å². The fourth-order valence-corrected chi connectivity index (χ4v) is 6.16. The molecule has 0 bridgehead atoms. The smallest absolute Gasteiger partial charge is 0.435 e. The summed E-state index contributed by atoms with van der Waals surface area (Å²) in [5.41, 5.74) is 1.01. The third kappa shape index (κ3) is 6.81. The standard InChI is InChI=1S/C30H32ClF5N6O3/c1-16-11-19(6-8-23(16)31)42-26(37-38-39-42)17-9-10-41(25(12-17)45-28(44)30(34,35)36)27(43)22-15-40(29(2,3)4)14-21(22)20-7-5-18(32)13-24(20)33/h5-8,11,13,17,21-22,25H,9-10,12,14-15H2,1-4H3/t17?,21-,22+,25?/m0/s1. The first kappa shape index (κ1) is 32.7. The third-order valence-corrected chi connectivity index (χ3v) is 8.93. The first-order valence-corrected chi connectivity index (χ1v) is 14.8. The molecule has 9 nitrogen and oxygen atoms in total. The van der Waals surface area contributed by atoms with Gasteiger partial charge in [0.25, 0.3) is 0 Å². The average molecular weight is 655 g/mol. The highest BCUT2D eigenvalue weighted by Gasteiger charge is 2.49. The molecule has 2 aromatic carbocycles. The van der Waals surface area contributed by atoms with E-state index in [0.717, 1.165) is 22.6 Å². The fraction of sp³-hybridized carbons (Fsp3) is 0.500. The van der Waals surface area contributed by atoms with Gasteiger partial charge in [0.2, 0.25) is 5.91 Å². The van der Waals surface area contributed by atoms with Crippen LogP contribution in [0.3, 0.4) is 0 Å².